The summed E-state index contributed by atoms with van der Waals surface area (Å²) in [6.07, 6.45) is 0. The van der Waals surface area contributed by atoms with E-state index < -0.39 is 13.5 Å². The van der Waals surface area contributed by atoms with Gasteiger partial charge >= 0.3 is 0 Å². The molecule has 0 N–H and O–H groups in total. The van der Waals surface area contributed by atoms with Gasteiger partial charge in [0.15, 0.2) is 0 Å². The lowest BCUT2D eigenvalue weighted by atomic mass is 9.68. The van der Waals surface area contributed by atoms with Gasteiger partial charge in [-0.2, -0.15) is 0 Å². The molecule has 0 radical (unpaired) electrons. The van der Waals surface area contributed by atoms with Crippen LogP contribution in [0.3, 0.4) is 0 Å². The molecule has 0 heterocycles. The summed E-state index contributed by atoms with van der Waals surface area (Å²) in [5, 5.41) is 9.24. The third-order valence-corrected chi connectivity index (χ3v) is 14.2. The van der Waals surface area contributed by atoms with Gasteiger partial charge in [-0.1, -0.05) is 177 Å². The Morgan fingerprint density at radius 2 is 0.870 bits per heavy atom. The summed E-state index contributed by atoms with van der Waals surface area (Å²) in [7, 11) is -1.77. The molecule has 54 heavy (non-hydrogen) atoms. The Balaban J connectivity index is 1.38. The van der Waals surface area contributed by atoms with Gasteiger partial charge in [-0.15, -0.1) is 0 Å². The number of hydrogen-bond acceptors (Lipinski definition) is 1. The first-order valence-corrected chi connectivity index (χ1v) is 22.6. The van der Waals surface area contributed by atoms with Crippen LogP contribution < -0.4 is 10.1 Å². The molecule has 0 fully saturated rings. The Morgan fingerprint density at radius 3 is 1.52 bits per heavy atom. The molecule has 0 unspecified atom stereocenters. The van der Waals surface area contributed by atoms with E-state index in [2.05, 4.69) is 207 Å². The molecule has 11 rings (SSSR count). The van der Waals surface area contributed by atoms with Crippen molar-refractivity contribution in [3.05, 3.63) is 204 Å². The fourth-order valence-electron chi connectivity index (χ4n) is 10.1. The minimum Gasteiger partial charge on any atom is -0.310 e. The van der Waals surface area contributed by atoms with Crippen molar-refractivity contribution in [3.63, 3.8) is 0 Å². The van der Waals surface area contributed by atoms with Crippen LogP contribution in [0.4, 0.5) is 17.1 Å². The fraction of sp³-hybridized carbons (Fsp3) is 0.0769. The van der Waals surface area contributed by atoms with Crippen LogP contribution in [0.15, 0.2) is 182 Å². The summed E-state index contributed by atoms with van der Waals surface area (Å²) in [6.45, 7) is 7.38. The van der Waals surface area contributed by atoms with Gasteiger partial charge in [0.25, 0.3) is 0 Å². The molecule has 0 bridgehead atoms. The SMILES string of the molecule is C[Si](C)(C)c1ccccc1N(c1ccccc1)c1cc2c(c3ccccc13)C1(c3ccccc3-c3ccccc31)c1c-2c2ccccc2c2ccccc12. The first-order chi connectivity index (χ1) is 26.5. The predicted octanol–water partition coefficient (Wildman–Crippen LogP) is 13.5. The molecule has 2 aliphatic carbocycles. The second-order valence-corrected chi connectivity index (χ2v) is 21.0. The zero-order valence-electron chi connectivity index (χ0n) is 30.8. The summed E-state index contributed by atoms with van der Waals surface area (Å²) in [5.74, 6) is 0. The van der Waals surface area contributed by atoms with Gasteiger partial charge in [0, 0.05) is 16.8 Å². The number of benzene rings is 9. The second-order valence-electron chi connectivity index (χ2n) is 16.0. The standard InChI is InChI=1S/C52H39NSi/c1-54(2,3)48-32-18-17-31-46(48)53(34-19-5-4-6-20-34)47-33-43-49-40-26-10-7-21-35(40)36-22-8-11-27-41(36)51(49)52(50(43)42-28-12-9-25-39(42)47)44-29-15-13-23-37(44)38-24-14-16-30-45(38)52/h4-33H,1-3H3. The minimum absolute atomic E-state index is 0.507. The normalized spacial score (nSPS) is 13.6. The van der Waals surface area contributed by atoms with Crippen molar-refractivity contribution in [1.29, 1.82) is 0 Å². The Labute approximate surface area is 317 Å². The highest BCUT2D eigenvalue weighted by Gasteiger charge is 2.54. The molecule has 2 aliphatic rings. The van der Waals surface area contributed by atoms with Crippen molar-refractivity contribution in [2.24, 2.45) is 0 Å². The van der Waals surface area contributed by atoms with Gasteiger partial charge in [0.2, 0.25) is 0 Å². The second kappa shape index (κ2) is 11.4. The molecule has 0 aromatic heterocycles. The lowest BCUT2D eigenvalue weighted by molar-refractivity contribution is 0.809. The van der Waals surface area contributed by atoms with Gasteiger partial charge in [-0.3, -0.25) is 0 Å². The van der Waals surface area contributed by atoms with E-state index in [0.717, 1.165) is 0 Å². The molecule has 0 atom stereocenters. The van der Waals surface area contributed by atoms with Crippen LogP contribution in [0.1, 0.15) is 22.3 Å². The van der Waals surface area contributed by atoms with Gasteiger partial charge in [-0.05, 0) is 101 Å². The monoisotopic (exact) mass is 705 g/mol. The molecule has 0 saturated carbocycles. The van der Waals surface area contributed by atoms with Crippen LogP contribution in [-0.4, -0.2) is 8.07 Å². The van der Waals surface area contributed by atoms with E-state index >= 15 is 0 Å². The summed E-state index contributed by atoms with van der Waals surface area (Å²) in [5.41, 5.74) is 14.0. The smallest absolute Gasteiger partial charge is 0.0803 e. The molecule has 0 aliphatic heterocycles. The van der Waals surface area contributed by atoms with Crippen molar-refractivity contribution in [2.75, 3.05) is 4.90 Å². The van der Waals surface area contributed by atoms with Gasteiger partial charge < -0.3 is 4.90 Å². The maximum atomic E-state index is 2.56. The Hall–Kier alpha value is -6.22. The largest absolute Gasteiger partial charge is 0.310 e. The lowest BCUT2D eigenvalue weighted by Gasteiger charge is -2.34. The van der Waals surface area contributed by atoms with E-state index in [1.807, 2.05) is 0 Å². The van der Waals surface area contributed by atoms with E-state index in [0.29, 0.717) is 0 Å². The van der Waals surface area contributed by atoms with E-state index in [1.54, 1.807) is 0 Å². The van der Waals surface area contributed by atoms with Crippen molar-refractivity contribution < 1.29 is 0 Å². The third kappa shape index (κ3) is 4.09. The third-order valence-electron chi connectivity index (χ3n) is 12.1. The van der Waals surface area contributed by atoms with Crippen molar-refractivity contribution in [3.8, 4) is 22.3 Å². The maximum Gasteiger partial charge on any atom is 0.0803 e. The van der Waals surface area contributed by atoms with E-state index in [1.165, 1.54) is 99.1 Å². The van der Waals surface area contributed by atoms with Crippen molar-refractivity contribution in [2.45, 2.75) is 25.1 Å². The first kappa shape index (κ1) is 31.3. The van der Waals surface area contributed by atoms with Gasteiger partial charge in [0.1, 0.15) is 0 Å². The molecule has 1 spiro atoms. The van der Waals surface area contributed by atoms with Gasteiger partial charge in [0.05, 0.1) is 19.2 Å². The molecular formula is C52H39NSi. The molecule has 0 saturated heterocycles. The number of fused-ring (bicyclic) bond motifs is 17. The molecule has 0 amide bonds. The van der Waals surface area contributed by atoms with Crippen molar-refractivity contribution in [1.82, 2.24) is 0 Å². The van der Waals surface area contributed by atoms with Crippen LogP contribution in [0, 0.1) is 0 Å². The first-order valence-electron chi connectivity index (χ1n) is 19.1. The van der Waals surface area contributed by atoms with E-state index in [9.17, 15) is 0 Å². The Bertz CT molecular complexity index is 2940. The highest BCUT2D eigenvalue weighted by atomic mass is 28.3. The van der Waals surface area contributed by atoms with Crippen LogP contribution in [0.5, 0.6) is 0 Å². The van der Waals surface area contributed by atoms with E-state index in [4.69, 9.17) is 0 Å². The molecule has 2 heteroatoms. The number of hydrogen-bond donors (Lipinski definition) is 0. The zero-order valence-corrected chi connectivity index (χ0v) is 31.8. The average Bonchev–Trinajstić information content (AvgIpc) is 3.69. The molecule has 1 nitrogen and oxygen atoms in total. The zero-order chi connectivity index (χ0) is 36.2. The molecular weight excluding hydrogens is 667 g/mol. The van der Waals surface area contributed by atoms with Crippen LogP contribution in [0.2, 0.25) is 19.6 Å². The topological polar surface area (TPSA) is 3.24 Å². The molecule has 9 aromatic carbocycles. The summed E-state index contributed by atoms with van der Waals surface area (Å²) < 4.78 is 0. The van der Waals surface area contributed by atoms with Crippen LogP contribution >= 0.6 is 0 Å². The van der Waals surface area contributed by atoms with Crippen molar-refractivity contribution >= 4 is 62.6 Å². The predicted molar refractivity (Wildman–Crippen MR) is 233 cm³/mol. The molecule has 9 aromatic rings. The fourth-order valence-corrected chi connectivity index (χ4v) is 11.7. The quantitative estimate of drug-likeness (QED) is 0.130. The number of anilines is 3. The Morgan fingerprint density at radius 1 is 0.389 bits per heavy atom. The maximum absolute atomic E-state index is 2.56. The summed E-state index contributed by atoms with van der Waals surface area (Å²) in [4.78, 5) is 2.56. The Kier molecular flexibility index (Phi) is 6.60. The average molecular weight is 706 g/mol. The highest BCUT2D eigenvalue weighted by molar-refractivity contribution is 6.89. The lowest BCUT2D eigenvalue weighted by Crippen LogP contribution is -2.40. The highest BCUT2D eigenvalue weighted by Crippen LogP contribution is 2.67. The van der Waals surface area contributed by atoms with E-state index in [-0.39, 0.29) is 0 Å². The molecule has 256 valence electrons. The van der Waals surface area contributed by atoms with Gasteiger partial charge in [-0.25, -0.2) is 0 Å². The summed E-state index contributed by atoms with van der Waals surface area (Å²) >= 11 is 0. The van der Waals surface area contributed by atoms with Crippen LogP contribution in [0.25, 0.3) is 54.6 Å². The number of para-hydroxylation sites is 2. The minimum atomic E-state index is -1.77. The van der Waals surface area contributed by atoms with Crippen LogP contribution in [-0.2, 0) is 5.41 Å². The summed E-state index contributed by atoms with van der Waals surface area (Å²) in [6, 6.07) is 68.5. The number of nitrogens with zero attached hydrogens (tertiary/aromatic N) is 1. The number of rotatable bonds is 4.